The normalized spacial score (nSPS) is 13.0. The smallest absolute Gasteiger partial charge is 0.320 e. The number of methoxy groups -OCH3 is 1. The van der Waals surface area contributed by atoms with Gasteiger partial charge in [-0.1, -0.05) is 42.5 Å². The van der Waals surface area contributed by atoms with Crippen LogP contribution in [0.15, 0.2) is 54.6 Å². The number of carbonyl (C=O) groups is 2. The third-order valence-corrected chi connectivity index (χ3v) is 4.90. The first-order valence-corrected chi connectivity index (χ1v) is 9.74. The van der Waals surface area contributed by atoms with Gasteiger partial charge in [0.2, 0.25) is 0 Å². The van der Waals surface area contributed by atoms with Gasteiger partial charge in [0, 0.05) is 18.5 Å². The third kappa shape index (κ3) is 6.68. The number of nitrogens with zero attached hydrogens (tertiary/aromatic N) is 1. The molecule has 2 unspecified atom stereocenters. The van der Waals surface area contributed by atoms with Gasteiger partial charge in [-0.05, 0) is 43.5 Å². The fraction of sp³-hybridized carbons (Fsp3) is 0.391. The van der Waals surface area contributed by atoms with E-state index in [0.717, 1.165) is 11.1 Å². The second-order valence-electron chi connectivity index (χ2n) is 6.75. The van der Waals surface area contributed by atoms with Crippen molar-refractivity contribution in [2.75, 3.05) is 20.3 Å². The fourth-order valence-electron chi connectivity index (χ4n) is 3.36. The second-order valence-corrected chi connectivity index (χ2v) is 6.75. The van der Waals surface area contributed by atoms with Crippen LogP contribution in [0, 0.1) is 5.82 Å². The fourth-order valence-corrected chi connectivity index (χ4v) is 3.36. The van der Waals surface area contributed by atoms with Crippen molar-refractivity contribution in [3.8, 4) is 0 Å². The Morgan fingerprint density at radius 3 is 2.24 bits per heavy atom. The Kier molecular flexibility index (Phi) is 8.80. The summed E-state index contributed by atoms with van der Waals surface area (Å²) in [6.07, 6.45) is 0.605. The van der Waals surface area contributed by atoms with Crippen molar-refractivity contribution in [3.63, 3.8) is 0 Å². The summed E-state index contributed by atoms with van der Waals surface area (Å²) in [5, 5.41) is 0. The highest BCUT2D eigenvalue weighted by atomic mass is 19.1. The Morgan fingerprint density at radius 1 is 1.00 bits per heavy atom. The van der Waals surface area contributed by atoms with Crippen molar-refractivity contribution in [1.82, 2.24) is 4.90 Å². The van der Waals surface area contributed by atoms with Gasteiger partial charge in [0.25, 0.3) is 0 Å². The Hall–Kier alpha value is -2.73. The molecule has 0 saturated carbocycles. The number of halogens is 1. The van der Waals surface area contributed by atoms with Crippen LogP contribution in [0.5, 0.6) is 0 Å². The molecular weight excluding hydrogens is 373 g/mol. The molecule has 0 aliphatic carbocycles. The van der Waals surface area contributed by atoms with Crippen molar-refractivity contribution < 1.29 is 23.5 Å². The van der Waals surface area contributed by atoms with Gasteiger partial charge >= 0.3 is 11.9 Å². The maximum atomic E-state index is 13.5. The molecule has 5 nitrogen and oxygen atoms in total. The van der Waals surface area contributed by atoms with E-state index in [1.165, 1.54) is 19.2 Å². The van der Waals surface area contributed by atoms with Crippen molar-refractivity contribution in [3.05, 3.63) is 71.5 Å². The van der Waals surface area contributed by atoms with E-state index in [4.69, 9.17) is 9.47 Å². The monoisotopic (exact) mass is 401 g/mol. The third-order valence-electron chi connectivity index (χ3n) is 4.90. The van der Waals surface area contributed by atoms with Crippen LogP contribution in [0.25, 0.3) is 0 Å². The van der Waals surface area contributed by atoms with E-state index in [0.29, 0.717) is 6.42 Å². The number of hydrogen-bond donors (Lipinski definition) is 0. The summed E-state index contributed by atoms with van der Waals surface area (Å²) in [4.78, 5) is 26.1. The number of benzene rings is 2. The highest BCUT2D eigenvalue weighted by molar-refractivity contribution is 5.72. The molecule has 29 heavy (non-hydrogen) atoms. The van der Waals surface area contributed by atoms with Crippen LogP contribution in [0.4, 0.5) is 4.39 Å². The predicted octanol–water partition coefficient (Wildman–Crippen LogP) is 4.45. The molecule has 0 bridgehead atoms. The van der Waals surface area contributed by atoms with Crippen LogP contribution in [0.1, 0.15) is 49.9 Å². The van der Waals surface area contributed by atoms with Crippen molar-refractivity contribution in [2.24, 2.45) is 0 Å². The number of carbonyl (C=O) groups excluding carboxylic acids is 2. The first-order chi connectivity index (χ1) is 14.0. The minimum absolute atomic E-state index is 0.0487. The molecular formula is C23H28FNO4. The molecule has 6 heteroatoms. The maximum Gasteiger partial charge on any atom is 0.320 e. The number of esters is 2. The Morgan fingerprint density at radius 2 is 1.66 bits per heavy atom. The molecule has 2 aromatic rings. The zero-order chi connectivity index (χ0) is 21.2. The summed E-state index contributed by atoms with van der Waals surface area (Å²) in [5.74, 6) is -1.02. The number of ether oxygens (including phenoxy) is 2. The quantitative estimate of drug-likeness (QED) is 0.551. The summed E-state index contributed by atoms with van der Waals surface area (Å²) in [6.45, 7) is 4.10. The van der Waals surface area contributed by atoms with E-state index < -0.39 is 0 Å². The molecule has 0 aromatic heterocycles. The van der Waals surface area contributed by atoms with Crippen LogP contribution in [-0.4, -0.2) is 37.1 Å². The van der Waals surface area contributed by atoms with Crippen LogP contribution in [0.2, 0.25) is 0 Å². The average Bonchev–Trinajstić information content (AvgIpc) is 2.74. The average molecular weight is 401 g/mol. The largest absolute Gasteiger partial charge is 0.469 e. The zero-order valence-corrected chi connectivity index (χ0v) is 17.1. The zero-order valence-electron chi connectivity index (χ0n) is 17.1. The molecule has 2 rings (SSSR count). The molecule has 0 aliphatic heterocycles. The highest BCUT2D eigenvalue weighted by Crippen LogP contribution is 2.34. The first-order valence-electron chi connectivity index (χ1n) is 9.74. The van der Waals surface area contributed by atoms with Gasteiger partial charge < -0.3 is 9.47 Å². The molecule has 0 spiro atoms. The Bertz CT molecular complexity index is 779. The van der Waals surface area contributed by atoms with E-state index in [1.807, 2.05) is 42.2 Å². The minimum Gasteiger partial charge on any atom is -0.469 e. The van der Waals surface area contributed by atoms with Crippen molar-refractivity contribution in [1.29, 1.82) is 0 Å². The topological polar surface area (TPSA) is 55.8 Å². The van der Waals surface area contributed by atoms with E-state index >= 15 is 0 Å². The maximum absolute atomic E-state index is 13.5. The lowest BCUT2D eigenvalue weighted by molar-refractivity contribution is -0.146. The number of rotatable bonds is 10. The standard InChI is InChI=1S/C23H28FNO4/c1-4-29-23(27)16-25(17(2)18-8-6-5-7-9-18)21(14-15-22(26)28-3)19-10-12-20(24)13-11-19/h5-13,17,21H,4,14-16H2,1-3H3. The van der Waals surface area contributed by atoms with Gasteiger partial charge in [-0.25, -0.2) is 4.39 Å². The molecule has 0 heterocycles. The lowest BCUT2D eigenvalue weighted by Crippen LogP contribution is -2.37. The summed E-state index contributed by atoms with van der Waals surface area (Å²) in [6, 6.07) is 15.5. The van der Waals surface area contributed by atoms with Gasteiger partial charge in [-0.3, -0.25) is 14.5 Å². The minimum atomic E-state index is -0.347. The van der Waals surface area contributed by atoms with Gasteiger partial charge in [-0.2, -0.15) is 0 Å². The first kappa shape index (κ1) is 22.6. The van der Waals surface area contributed by atoms with Crippen molar-refractivity contribution in [2.45, 2.75) is 38.8 Å². The highest BCUT2D eigenvalue weighted by Gasteiger charge is 2.29. The molecule has 0 radical (unpaired) electrons. The molecule has 156 valence electrons. The van der Waals surface area contributed by atoms with Crippen LogP contribution < -0.4 is 0 Å². The lowest BCUT2D eigenvalue weighted by Gasteiger charge is -2.36. The van der Waals surface area contributed by atoms with Gasteiger partial charge in [0.05, 0.1) is 20.3 Å². The van der Waals surface area contributed by atoms with Crippen LogP contribution in [-0.2, 0) is 19.1 Å². The molecule has 0 N–H and O–H groups in total. The molecule has 0 amide bonds. The second kappa shape index (κ2) is 11.3. The molecule has 2 aromatic carbocycles. The van der Waals surface area contributed by atoms with E-state index in [9.17, 15) is 14.0 Å². The Labute approximate surface area is 171 Å². The van der Waals surface area contributed by atoms with Gasteiger partial charge in [0.1, 0.15) is 5.82 Å². The molecule has 2 atom stereocenters. The lowest BCUT2D eigenvalue weighted by atomic mass is 9.96. The predicted molar refractivity (Wildman–Crippen MR) is 109 cm³/mol. The van der Waals surface area contributed by atoms with Crippen LogP contribution >= 0.6 is 0 Å². The molecule has 0 saturated heterocycles. The molecule has 0 aliphatic rings. The SMILES string of the molecule is CCOC(=O)CN(C(C)c1ccccc1)C(CCC(=O)OC)c1ccc(F)cc1. The van der Waals surface area contributed by atoms with Gasteiger partial charge in [0.15, 0.2) is 0 Å². The van der Waals surface area contributed by atoms with E-state index in [2.05, 4.69) is 0 Å². The van der Waals surface area contributed by atoms with Crippen molar-refractivity contribution >= 4 is 11.9 Å². The summed E-state index contributed by atoms with van der Waals surface area (Å²) >= 11 is 0. The van der Waals surface area contributed by atoms with Gasteiger partial charge in [-0.15, -0.1) is 0 Å². The molecule has 0 fully saturated rings. The summed E-state index contributed by atoms with van der Waals surface area (Å²) in [7, 11) is 1.35. The van der Waals surface area contributed by atoms with Crippen LogP contribution in [0.3, 0.4) is 0 Å². The number of hydrogen-bond acceptors (Lipinski definition) is 5. The summed E-state index contributed by atoms with van der Waals surface area (Å²) in [5.41, 5.74) is 1.85. The van der Waals surface area contributed by atoms with E-state index in [1.54, 1.807) is 19.1 Å². The Balaban J connectivity index is 2.41. The van der Waals surface area contributed by atoms with E-state index in [-0.39, 0.29) is 49.4 Å². The summed E-state index contributed by atoms with van der Waals surface area (Å²) < 4.78 is 23.5.